The van der Waals surface area contributed by atoms with Crippen LogP contribution in [0.3, 0.4) is 0 Å². The fraction of sp³-hybridized carbons (Fsp3) is 0.412. The lowest BCUT2D eigenvalue weighted by Gasteiger charge is -2.35. The summed E-state index contributed by atoms with van der Waals surface area (Å²) in [7, 11) is 0. The van der Waals surface area contributed by atoms with E-state index >= 15 is 0 Å². The molecule has 0 aromatic heterocycles. The zero-order valence-electron chi connectivity index (χ0n) is 23.4. The molecule has 0 bridgehead atoms. The van der Waals surface area contributed by atoms with E-state index in [2.05, 4.69) is 60.5 Å². The Morgan fingerprint density at radius 1 is 0.923 bits per heavy atom. The maximum Gasteiger partial charge on any atom is 0.304 e. The molecule has 1 saturated heterocycles. The van der Waals surface area contributed by atoms with Crippen LogP contribution in [0.1, 0.15) is 73.9 Å². The Balaban J connectivity index is 1.30. The van der Waals surface area contributed by atoms with Gasteiger partial charge in [-0.1, -0.05) is 86.6 Å². The average Bonchev–Trinajstić information content (AvgIpc) is 2.97. The van der Waals surface area contributed by atoms with Gasteiger partial charge in [-0.25, -0.2) is 0 Å². The Labute approximate surface area is 233 Å². The van der Waals surface area contributed by atoms with Crippen LogP contribution in [-0.4, -0.2) is 47.6 Å². The van der Waals surface area contributed by atoms with Crippen molar-refractivity contribution in [3.05, 3.63) is 95.6 Å². The first kappa shape index (κ1) is 28.6. The first-order valence-corrected chi connectivity index (χ1v) is 14.4. The second kappa shape index (κ2) is 13.6. The number of nitrogens with one attached hydrogen (secondary N) is 1. The number of hydrogen-bond acceptors (Lipinski definition) is 3. The van der Waals surface area contributed by atoms with Crippen molar-refractivity contribution in [2.45, 2.75) is 70.3 Å². The van der Waals surface area contributed by atoms with Gasteiger partial charge in [0.05, 0.1) is 6.42 Å². The van der Waals surface area contributed by atoms with E-state index in [1.165, 1.54) is 5.56 Å². The smallest absolute Gasteiger partial charge is 0.304 e. The van der Waals surface area contributed by atoms with E-state index < -0.39 is 5.97 Å². The Bertz CT molecular complexity index is 1220. The Morgan fingerprint density at radius 2 is 1.59 bits per heavy atom. The number of carbonyl (C=O) groups excluding carboxylic acids is 1. The van der Waals surface area contributed by atoms with Crippen LogP contribution in [0.15, 0.2) is 78.9 Å². The third-order valence-electron chi connectivity index (χ3n) is 8.45. The maximum atomic E-state index is 13.3. The molecule has 1 atom stereocenters. The Morgan fingerprint density at radius 3 is 2.23 bits per heavy atom. The number of nitrogens with zero attached hydrogens (tertiary/aromatic N) is 1. The minimum Gasteiger partial charge on any atom is -0.481 e. The highest BCUT2D eigenvalue weighted by Crippen LogP contribution is 2.36. The summed E-state index contributed by atoms with van der Waals surface area (Å²) in [5, 5.41) is 12.9. The highest BCUT2D eigenvalue weighted by atomic mass is 16.4. The van der Waals surface area contributed by atoms with Gasteiger partial charge in [-0.3, -0.25) is 9.59 Å². The number of carboxylic acid groups (broad SMARTS) is 1. The summed E-state index contributed by atoms with van der Waals surface area (Å²) >= 11 is 0. The van der Waals surface area contributed by atoms with E-state index in [1.54, 1.807) is 0 Å². The fourth-order valence-electron chi connectivity index (χ4n) is 5.98. The fourth-order valence-corrected chi connectivity index (χ4v) is 5.98. The molecule has 206 valence electrons. The summed E-state index contributed by atoms with van der Waals surface area (Å²) in [4.78, 5) is 27.5. The molecular weight excluding hydrogens is 484 g/mol. The predicted octanol–water partition coefficient (Wildman–Crippen LogP) is 6.71. The second-order valence-corrected chi connectivity index (χ2v) is 10.9. The van der Waals surface area contributed by atoms with Crippen molar-refractivity contribution in [3.8, 4) is 11.1 Å². The molecule has 3 aromatic carbocycles. The van der Waals surface area contributed by atoms with Gasteiger partial charge in [0.1, 0.15) is 0 Å². The van der Waals surface area contributed by atoms with Crippen LogP contribution in [0, 0.1) is 0 Å². The molecule has 2 N–H and O–H groups in total. The SMILES string of the molecule is CCc1ccc(-c2ccccc2C(=O)NC2CCN(CCCC(CC)(CC(=O)O)c3ccccc3)CC2)cc1. The monoisotopic (exact) mass is 526 g/mol. The molecule has 0 aliphatic carbocycles. The van der Waals surface area contributed by atoms with Gasteiger partial charge >= 0.3 is 5.97 Å². The van der Waals surface area contributed by atoms with Crippen LogP contribution in [0.4, 0.5) is 0 Å². The summed E-state index contributed by atoms with van der Waals surface area (Å²) < 4.78 is 0. The third-order valence-corrected chi connectivity index (χ3v) is 8.45. The number of hydrogen-bond donors (Lipinski definition) is 2. The number of rotatable bonds is 12. The van der Waals surface area contributed by atoms with Crippen LogP contribution in [0.2, 0.25) is 0 Å². The van der Waals surface area contributed by atoms with Gasteiger partial charge < -0.3 is 15.3 Å². The van der Waals surface area contributed by atoms with Gasteiger partial charge in [0.25, 0.3) is 5.91 Å². The summed E-state index contributed by atoms with van der Waals surface area (Å²) in [6.45, 7) is 7.07. The minimum absolute atomic E-state index is 0.00659. The van der Waals surface area contributed by atoms with Gasteiger partial charge in [-0.2, -0.15) is 0 Å². The lowest BCUT2D eigenvalue weighted by atomic mass is 9.72. The molecule has 39 heavy (non-hydrogen) atoms. The number of carboxylic acids is 1. The molecular formula is C34H42N2O3. The summed E-state index contributed by atoms with van der Waals surface area (Å²) in [5.41, 5.74) is 4.83. The number of aliphatic carboxylic acids is 1. The van der Waals surface area contributed by atoms with Crippen LogP contribution in [0.25, 0.3) is 11.1 Å². The van der Waals surface area contributed by atoms with Crippen LogP contribution in [0.5, 0.6) is 0 Å². The first-order valence-electron chi connectivity index (χ1n) is 14.4. The second-order valence-electron chi connectivity index (χ2n) is 10.9. The minimum atomic E-state index is -0.739. The Hall–Kier alpha value is -3.44. The normalized spacial score (nSPS) is 15.9. The summed E-state index contributed by atoms with van der Waals surface area (Å²) in [6, 6.07) is 26.6. The molecule has 1 fully saturated rings. The van der Waals surface area contributed by atoms with Crippen molar-refractivity contribution in [2.24, 2.45) is 0 Å². The summed E-state index contributed by atoms with van der Waals surface area (Å²) in [5.74, 6) is -0.746. The highest BCUT2D eigenvalue weighted by Gasteiger charge is 2.33. The van der Waals surface area contributed by atoms with Crippen LogP contribution < -0.4 is 5.32 Å². The molecule has 1 heterocycles. The number of amides is 1. The van der Waals surface area contributed by atoms with E-state index in [0.29, 0.717) is 0 Å². The largest absolute Gasteiger partial charge is 0.481 e. The molecule has 5 nitrogen and oxygen atoms in total. The molecule has 5 heteroatoms. The van der Waals surface area contributed by atoms with E-state index in [1.807, 2.05) is 42.5 Å². The number of likely N-dealkylation sites (tertiary alicyclic amines) is 1. The summed E-state index contributed by atoms with van der Waals surface area (Å²) in [6.07, 6.45) is 5.62. The lowest BCUT2D eigenvalue weighted by Crippen LogP contribution is -2.45. The van der Waals surface area contributed by atoms with Crippen molar-refractivity contribution in [2.75, 3.05) is 19.6 Å². The quantitative estimate of drug-likeness (QED) is 0.275. The zero-order chi connectivity index (χ0) is 27.7. The number of aryl methyl sites for hydroxylation is 1. The molecule has 4 rings (SSSR count). The lowest BCUT2D eigenvalue weighted by molar-refractivity contribution is -0.138. The average molecular weight is 527 g/mol. The molecule has 0 radical (unpaired) electrons. The molecule has 1 aliphatic heterocycles. The van der Waals surface area contributed by atoms with Gasteiger partial charge in [-0.05, 0) is 73.4 Å². The molecule has 0 spiro atoms. The maximum absolute atomic E-state index is 13.3. The van der Waals surface area contributed by atoms with Gasteiger partial charge in [0.2, 0.25) is 0 Å². The van der Waals surface area contributed by atoms with E-state index in [4.69, 9.17) is 0 Å². The van der Waals surface area contributed by atoms with Crippen LogP contribution in [-0.2, 0) is 16.6 Å². The van der Waals surface area contributed by atoms with E-state index in [0.717, 1.165) is 80.4 Å². The van der Waals surface area contributed by atoms with E-state index in [9.17, 15) is 14.7 Å². The van der Waals surface area contributed by atoms with Crippen LogP contribution >= 0.6 is 0 Å². The standard InChI is InChI=1S/C34H42N2O3/c1-3-26-15-17-27(18-16-26)30-13-8-9-14-31(30)33(39)35-29-19-23-36(24-20-29)22-10-21-34(4-2,25-32(37)38)28-11-6-5-7-12-28/h5-9,11-18,29H,3-4,10,19-25H2,1-2H3,(H,35,39)(H,37,38). The zero-order valence-corrected chi connectivity index (χ0v) is 23.4. The highest BCUT2D eigenvalue weighted by molar-refractivity contribution is 6.01. The van der Waals surface area contributed by atoms with Crippen molar-refractivity contribution in [3.63, 3.8) is 0 Å². The van der Waals surface area contributed by atoms with E-state index in [-0.39, 0.29) is 23.8 Å². The Kier molecular flexibility index (Phi) is 9.94. The van der Waals surface area contributed by atoms with Gasteiger partial charge in [0.15, 0.2) is 0 Å². The molecule has 1 unspecified atom stereocenters. The molecule has 0 saturated carbocycles. The topological polar surface area (TPSA) is 69.6 Å². The van der Waals surface area contributed by atoms with Crippen molar-refractivity contribution in [1.29, 1.82) is 0 Å². The first-order chi connectivity index (χ1) is 18.9. The van der Waals surface area contributed by atoms with Gasteiger partial charge in [-0.15, -0.1) is 0 Å². The van der Waals surface area contributed by atoms with Crippen molar-refractivity contribution in [1.82, 2.24) is 10.2 Å². The number of benzene rings is 3. The number of carbonyl (C=O) groups is 2. The molecule has 1 amide bonds. The van der Waals surface area contributed by atoms with Gasteiger partial charge in [0, 0.05) is 30.1 Å². The van der Waals surface area contributed by atoms with Crippen molar-refractivity contribution < 1.29 is 14.7 Å². The molecule has 1 aliphatic rings. The van der Waals surface area contributed by atoms with Crippen molar-refractivity contribution >= 4 is 11.9 Å². The number of piperidine rings is 1. The molecule has 3 aromatic rings. The third kappa shape index (κ3) is 7.36. The predicted molar refractivity (Wildman–Crippen MR) is 158 cm³/mol.